The smallest absolute Gasteiger partial charge is 0.0569 e. The molecule has 1 aliphatic carbocycles. The number of anilines is 3. The number of fused-ring (bicyclic) bond motifs is 4. The Bertz CT molecular complexity index is 2900. The molecular formula is C56H43N. The van der Waals surface area contributed by atoms with Crippen molar-refractivity contribution < 1.29 is 0 Å². The predicted molar refractivity (Wildman–Crippen MR) is 243 cm³/mol. The van der Waals surface area contributed by atoms with Crippen LogP contribution in [0.1, 0.15) is 30.5 Å². The summed E-state index contributed by atoms with van der Waals surface area (Å²) in [4.78, 5) is 2.49. The molecule has 0 N–H and O–H groups in total. The number of benzene rings is 9. The standard InChI is InChI=1S/C56H43N/c1-38-34-47(46-27-26-40-16-10-11-19-45(40)35-46)36-52(44-17-8-5-9-18-44)55(38)57(49-32-33-51-50-20-12-13-21-53(50)56(2,3)54(51)37-49)48-30-28-43(29-31-48)42-24-22-41(23-25-42)39-14-6-4-7-15-39/h4-37H,1-3H3. The van der Waals surface area contributed by atoms with Gasteiger partial charge in [-0.05, 0) is 127 Å². The molecule has 0 amide bonds. The van der Waals surface area contributed by atoms with Gasteiger partial charge in [-0.1, -0.05) is 178 Å². The third kappa shape index (κ3) is 6.13. The molecule has 272 valence electrons. The van der Waals surface area contributed by atoms with Crippen LogP contribution in [-0.2, 0) is 5.41 Å². The lowest BCUT2D eigenvalue weighted by Gasteiger charge is -2.31. The summed E-state index contributed by atoms with van der Waals surface area (Å²) in [5.74, 6) is 0. The Morgan fingerprint density at radius 2 is 0.860 bits per heavy atom. The maximum Gasteiger partial charge on any atom is 0.0569 e. The molecule has 0 heterocycles. The van der Waals surface area contributed by atoms with E-state index < -0.39 is 0 Å². The monoisotopic (exact) mass is 729 g/mol. The fourth-order valence-electron chi connectivity index (χ4n) is 8.98. The zero-order chi connectivity index (χ0) is 38.5. The first-order valence-corrected chi connectivity index (χ1v) is 19.9. The van der Waals surface area contributed by atoms with Crippen molar-refractivity contribution in [3.63, 3.8) is 0 Å². The van der Waals surface area contributed by atoms with Crippen LogP contribution in [0.15, 0.2) is 206 Å². The van der Waals surface area contributed by atoms with Crippen molar-refractivity contribution in [3.8, 4) is 55.6 Å². The van der Waals surface area contributed by atoms with E-state index >= 15 is 0 Å². The molecule has 10 rings (SSSR count). The maximum absolute atomic E-state index is 2.49. The van der Waals surface area contributed by atoms with E-state index in [1.54, 1.807) is 0 Å². The third-order valence-corrected chi connectivity index (χ3v) is 12.0. The van der Waals surface area contributed by atoms with Gasteiger partial charge in [0.15, 0.2) is 0 Å². The molecule has 0 atom stereocenters. The van der Waals surface area contributed by atoms with Crippen molar-refractivity contribution in [2.24, 2.45) is 0 Å². The lowest BCUT2D eigenvalue weighted by molar-refractivity contribution is 0.660. The molecule has 9 aromatic rings. The average molecular weight is 730 g/mol. The summed E-state index contributed by atoms with van der Waals surface area (Å²) in [6, 6.07) is 75.7. The third-order valence-electron chi connectivity index (χ3n) is 12.0. The quantitative estimate of drug-likeness (QED) is 0.158. The van der Waals surface area contributed by atoms with Gasteiger partial charge in [0.2, 0.25) is 0 Å². The summed E-state index contributed by atoms with van der Waals surface area (Å²) in [7, 11) is 0. The SMILES string of the molecule is Cc1cc(-c2ccc3ccccc3c2)cc(-c2ccccc2)c1N(c1ccc(-c2ccc(-c3ccccc3)cc2)cc1)c1ccc2c(c1)C(C)(C)c1ccccc1-2. The molecule has 0 aliphatic heterocycles. The summed E-state index contributed by atoms with van der Waals surface area (Å²) in [6.07, 6.45) is 0. The Hall–Kier alpha value is -6.96. The molecule has 0 spiro atoms. The highest BCUT2D eigenvalue weighted by molar-refractivity contribution is 5.95. The number of hydrogen-bond acceptors (Lipinski definition) is 1. The fraction of sp³-hybridized carbons (Fsp3) is 0.0714. The van der Waals surface area contributed by atoms with Crippen LogP contribution in [0.2, 0.25) is 0 Å². The Labute approximate surface area is 336 Å². The van der Waals surface area contributed by atoms with Crippen molar-refractivity contribution in [1.82, 2.24) is 0 Å². The fourth-order valence-corrected chi connectivity index (χ4v) is 8.98. The first kappa shape index (κ1) is 34.5. The molecular weight excluding hydrogens is 687 g/mol. The van der Waals surface area contributed by atoms with Gasteiger partial charge < -0.3 is 4.90 Å². The lowest BCUT2D eigenvalue weighted by Crippen LogP contribution is -2.17. The van der Waals surface area contributed by atoms with Crippen LogP contribution < -0.4 is 4.90 Å². The van der Waals surface area contributed by atoms with E-state index in [2.05, 4.69) is 232 Å². The van der Waals surface area contributed by atoms with Gasteiger partial charge in [-0.2, -0.15) is 0 Å². The van der Waals surface area contributed by atoms with Crippen molar-refractivity contribution in [2.45, 2.75) is 26.2 Å². The van der Waals surface area contributed by atoms with Crippen molar-refractivity contribution in [1.29, 1.82) is 0 Å². The van der Waals surface area contributed by atoms with Crippen LogP contribution >= 0.6 is 0 Å². The highest BCUT2D eigenvalue weighted by Crippen LogP contribution is 2.52. The first-order chi connectivity index (χ1) is 27.9. The number of hydrogen-bond donors (Lipinski definition) is 0. The van der Waals surface area contributed by atoms with Gasteiger partial charge in [0.25, 0.3) is 0 Å². The lowest BCUT2D eigenvalue weighted by atomic mass is 9.82. The van der Waals surface area contributed by atoms with Crippen molar-refractivity contribution in [2.75, 3.05) is 4.90 Å². The Morgan fingerprint density at radius 1 is 0.333 bits per heavy atom. The van der Waals surface area contributed by atoms with Gasteiger partial charge in [0.1, 0.15) is 0 Å². The van der Waals surface area contributed by atoms with Gasteiger partial charge in [-0.25, -0.2) is 0 Å². The molecule has 9 aromatic carbocycles. The van der Waals surface area contributed by atoms with Gasteiger partial charge in [-0.15, -0.1) is 0 Å². The molecule has 1 aliphatic rings. The topological polar surface area (TPSA) is 3.24 Å². The first-order valence-electron chi connectivity index (χ1n) is 19.9. The average Bonchev–Trinajstić information content (AvgIpc) is 3.50. The molecule has 0 bridgehead atoms. The van der Waals surface area contributed by atoms with Gasteiger partial charge in [0, 0.05) is 22.4 Å². The van der Waals surface area contributed by atoms with E-state index in [0.29, 0.717) is 0 Å². The molecule has 0 saturated heterocycles. The van der Waals surface area contributed by atoms with Gasteiger partial charge in [-0.3, -0.25) is 0 Å². The summed E-state index contributed by atoms with van der Waals surface area (Å²) in [5, 5.41) is 2.50. The minimum Gasteiger partial charge on any atom is -0.310 e. The van der Waals surface area contributed by atoms with Crippen LogP contribution in [-0.4, -0.2) is 0 Å². The molecule has 1 heteroatoms. The van der Waals surface area contributed by atoms with Crippen LogP contribution in [0.4, 0.5) is 17.1 Å². The Balaban J connectivity index is 1.14. The molecule has 0 saturated carbocycles. The van der Waals surface area contributed by atoms with E-state index in [-0.39, 0.29) is 5.41 Å². The van der Waals surface area contributed by atoms with E-state index in [4.69, 9.17) is 0 Å². The minimum atomic E-state index is -0.124. The Kier molecular flexibility index (Phi) is 8.46. The molecule has 0 radical (unpaired) electrons. The van der Waals surface area contributed by atoms with E-state index in [9.17, 15) is 0 Å². The van der Waals surface area contributed by atoms with Gasteiger partial charge >= 0.3 is 0 Å². The zero-order valence-corrected chi connectivity index (χ0v) is 32.6. The molecule has 0 aromatic heterocycles. The van der Waals surface area contributed by atoms with Crippen molar-refractivity contribution >= 4 is 27.8 Å². The number of rotatable bonds is 7. The highest BCUT2D eigenvalue weighted by atomic mass is 15.1. The van der Waals surface area contributed by atoms with Crippen molar-refractivity contribution in [3.05, 3.63) is 223 Å². The van der Waals surface area contributed by atoms with Crippen LogP contribution in [0.3, 0.4) is 0 Å². The number of nitrogens with zero attached hydrogens (tertiary/aromatic N) is 1. The van der Waals surface area contributed by atoms with Crippen LogP contribution in [0.5, 0.6) is 0 Å². The summed E-state index contributed by atoms with van der Waals surface area (Å²) < 4.78 is 0. The largest absolute Gasteiger partial charge is 0.310 e. The predicted octanol–water partition coefficient (Wildman–Crippen LogP) is 15.6. The second kappa shape index (κ2) is 14.0. The Morgan fingerprint density at radius 3 is 1.56 bits per heavy atom. The van der Waals surface area contributed by atoms with Crippen LogP contribution in [0.25, 0.3) is 66.4 Å². The second-order valence-corrected chi connectivity index (χ2v) is 15.8. The summed E-state index contributed by atoms with van der Waals surface area (Å²) >= 11 is 0. The van der Waals surface area contributed by atoms with E-state index in [1.807, 2.05) is 0 Å². The maximum atomic E-state index is 2.49. The van der Waals surface area contributed by atoms with Crippen LogP contribution in [0, 0.1) is 6.92 Å². The normalized spacial score (nSPS) is 12.6. The summed E-state index contributed by atoms with van der Waals surface area (Å²) in [6.45, 7) is 7.00. The van der Waals surface area contributed by atoms with E-state index in [1.165, 1.54) is 88.8 Å². The second-order valence-electron chi connectivity index (χ2n) is 15.8. The summed E-state index contributed by atoms with van der Waals surface area (Å²) in [5.41, 5.74) is 19.6. The highest BCUT2D eigenvalue weighted by Gasteiger charge is 2.36. The molecule has 0 unspecified atom stereocenters. The molecule has 57 heavy (non-hydrogen) atoms. The minimum absolute atomic E-state index is 0.124. The van der Waals surface area contributed by atoms with Gasteiger partial charge in [0.05, 0.1) is 5.69 Å². The number of aryl methyl sites for hydroxylation is 1. The van der Waals surface area contributed by atoms with E-state index in [0.717, 1.165) is 11.4 Å². The zero-order valence-electron chi connectivity index (χ0n) is 32.6. The molecule has 1 nitrogen and oxygen atoms in total. The molecule has 0 fully saturated rings.